The van der Waals surface area contributed by atoms with Gasteiger partial charge in [0.05, 0.1) is 6.10 Å². The molecule has 4 aliphatic rings. The van der Waals surface area contributed by atoms with Crippen LogP contribution in [-0.4, -0.2) is 11.2 Å². The summed E-state index contributed by atoms with van der Waals surface area (Å²) in [6.45, 7) is 2.31. The topological polar surface area (TPSA) is 20.2 Å². The molecule has 0 aliphatic heterocycles. The minimum Gasteiger partial charge on any atom is -0.393 e. The number of hydrogen-bond donors (Lipinski definition) is 1. The van der Waals surface area contributed by atoms with E-state index in [0.717, 1.165) is 23.7 Å². The molecule has 0 aromatic heterocycles. The molecule has 0 saturated heterocycles. The zero-order valence-corrected chi connectivity index (χ0v) is 5.62. The smallest absolute Gasteiger partial charge is 0.0604 e. The summed E-state index contributed by atoms with van der Waals surface area (Å²) in [5, 5.41) is 9.52. The van der Waals surface area contributed by atoms with E-state index < -0.39 is 0 Å². The molecular formula is C8H12O. The van der Waals surface area contributed by atoms with Crippen LogP contribution in [0.5, 0.6) is 0 Å². The van der Waals surface area contributed by atoms with Crippen LogP contribution in [0.25, 0.3) is 0 Å². The van der Waals surface area contributed by atoms with Gasteiger partial charge in [0.15, 0.2) is 0 Å². The van der Waals surface area contributed by atoms with Gasteiger partial charge in [0.2, 0.25) is 0 Å². The van der Waals surface area contributed by atoms with Gasteiger partial charge in [-0.1, -0.05) is 6.92 Å². The highest BCUT2D eigenvalue weighted by Crippen LogP contribution is 2.72. The Hall–Kier alpha value is -0.0400. The molecule has 4 aliphatic carbocycles. The molecule has 0 amide bonds. The van der Waals surface area contributed by atoms with Gasteiger partial charge in [-0.05, 0) is 36.0 Å². The zero-order chi connectivity index (χ0) is 6.17. The Bertz CT molecular complexity index is 146. The number of rotatable bonds is 0. The van der Waals surface area contributed by atoms with Crippen LogP contribution in [-0.2, 0) is 0 Å². The average molecular weight is 124 g/mol. The lowest BCUT2D eigenvalue weighted by Crippen LogP contribution is -2.13. The minimum atomic E-state index is 0.106. The summed E-state index contributed by atoms with van der Waals surface area (Å²) in [6, 6.07) is 0. The minimum absolute atomic E-state index is 0.106. The first-order valence-corrected chi connectivity index (χ1v) is 3.99. The molecule has 0 aromatic rings. The molecular weight excluding hydrogens is 112 g/mol. The first-order valence-electron chi connectivity index (χ1n) is 3.99. The maximum atomic E-state index is 9.52. The zero-order valence-electron chi connectivity index (χ0n) is 5.62. The van der Waals surface area contributed by atoms with Crippen molar-refractivity contribution in [2.24, 2.45) is 29.6 Å². The molecule has 0 spiro atoms. The highest BCUT2D eigenvalue weighted by atomic mass is 16.3. The number of aliphatic hydroxyl groups is 1. The van der Waals surface area contributed by atoms with Gasteiger partial charge >= 0.3 is 0 Å². The summed E-state index contributed by atoms with van der Waals surface area (Å²) in [7, 11) is 0. The summed E-state index contributed by atoms with van der Waals surface area (Å²) in [5.74, 6) is 4.22. The Morgan fingerprint density at radius 1 is 1.22 bits per heavy atom. The highest BCUT2D eigenvalue weighted by molar-refractivity contribution is 5.19. The molecule has 4 bridgehead atoms. The van der Waals surface area contributed by atoms with Crippen molar-refractivity contribution in [2.45, 2.75) is 19.4 Å². The fourth-order valence-corrected chi connectivity index (χ4v) is 3.51. The van der Waals surface area contributed by atoms with Gasteiger partial charge in [0, 0.05) is 0 Å². The first kappa shape index (κ1) is 4.73. The third-order valence-electron chi connectivity index (χ3n) is 3.95. The van der Waals surface area contributed by atoms with Crippen LogP contribution in [0.2, 0.25) is 0 Å². The van der Waals surface area contributed by atoms with Crippen LogP contribution in [0.4, 0.5) is 0 Å². The lowest BCUT2D eigenvalue weighted by Gasteiger charge is -2.10. The van der Waals surface area contributed by atoms with Crippen LogP contribution < -0.4 is 0 Å². The van der Waals surface area contributed by atoms with Gasteiger partial charge < -0.3 is 5.11 Å². The summed E-state index contributed by atoms with van der Waals surface area (Å²) >= 11 is 0. The Kier molecular flexibility index (Phi) is 0.563. The normalized spacial score (nSPS) is 75.3. The van der Waals surface area contributed by atoms with E-state index >= 15 is 0 Å². The van der Waals surface area contributed by atoms with Crippen LogP contribution >= 0.6 is 0 Å². The fraction of sp³-hybridized carbons (Fsp3) is 1.00. The summed E-state index contributed by atoms with van der Waals surface area (Å²) < 4.78 is 0. The molecule has 9 heavy (non-hydrogen) atoms. The van der Waals surface area contributed by atoms with E-state index in [2.05, 4.69) is 6.92 Å². The van der Waals surface area contributed by atoms with E-state index in [1.165, 1.54) is 6.42 Å². The van der Waals surface area contributed by atoms with Crippen LogP contribution in [0.3, 0.4) is 0 Å². The molecule has 1 N–H and O–H groups in total. The second kappa shape index (κ2) is 1.07. The van der Waals surface area contributed by atoms with Crippen LogP contribution in [0.1, 0.15) is 13.3 Å². The van der Waals surface area contributed by atoms with Crippen LogP contribution in [0.15, 0.2) is 0 Å². The Morgan fingerprint density at radius 3 is 2.11 bits per heavy atom. The molecule has 6 unspecified atom stereocenters. The average Bonchev–Trinajstić information content (AvgIpc) is 2.18. The second-order valence-corrected chi connectivity index (χ2v) is 4.07. The van der Waals surface area contributed by atoms with Crippen LogP contribution in [0, 0.1) is 29.6 Å². The van der Waals surface area contributed by atoms with Crippen molar-refractivity contribution in [1.82, 2.24) is 0 Å². The van der Waals surface area contributed by atoms with Gasteiger partial charge in [-0.15, -0.1) is 0 Å². The molecule has 1 heteroatoms. The van der Waals surface area contributed by atoms with Crippen molar-refractivity contribution >= 4 is 0 Å². The maximum absolute atomic E-state index is 9.52. The highest BCUT2D eigenvalue weighted by Gasteiger charge is 2.71. The van der Waals surface area contributed by atoms with Gasteiger partial charge in [-0.2, -0.15) is 0 Å². The quantitative estimate of drug-likeness (QED) is 0.508. The van der Waals surface area contributed by atoms with E-state index in [1.54, 1.807) is 0 Å². The molecule has 0 aromatic carbocycles. The van der Waals surface area contributed by atoms with Gasteiger partial charge in [0.25, 0.3) is 0 Å². The van der Waals surface area contributed by atoms with Gasteiger partial charge in [0.1, 0.15) is 0 Å². The van der Waals surface area contributed by atoms with Gasteiger partial charge in [-0.25, -0.2) is 0 Å². The molecule has 0 radical (unpaired) electrons. The lowest BCUT2D eigenvalue weighted by atomic mass is 10.00. The molecule has 50 valence electrons. The van der Waals surface area contributed by atoms with E-state index in [1.807, 2.05) is 0 Å². The van der Waals surface area contributed by atoms with E-state index in [9.17, 15) is 5.11 Å². The maximum Gasteiger partial charge on any atom is 0.0604 e. The predicted molar refractivity (Wildman–Crippen MR) is 33.7 cm³/mol. The molecule has 1 nitrogen and oxygen atoms in total. The van der Waals surface area contributed by atoms with Gasteiger partial charge in [-0.3, -0.25) is 0 Å². The predicted octanol–water partition coefficient (Wildman–Crippen LogP) is 0.879. The first-order chi connectivity index (χ1) is 4.30. The SMILES string of the molecule is CC1C2CC3C1C3C2O. The Morgan fingerprint density at radius 2 is 2.00 bits per heavy atom. The summed E-state index contributed by atoms with van der Waals surface area (Å²) in [5.41, 5.74) is 0. The monoisotopic (exact) mass is 124 g/mol. The number of hydrogen-bond acceptors (Lipinski definition) is 1. The summed E-state index contributed by atoms with van der Waals surface area (Å²) in [4.78, 5) is 0. The van der Waals surface area contributed by atoms with E-state index in [4.69, 9.17) is 0 Å². The van der Waals surface area contributed by atoms with Crippen molar-refractivity contribution in [3.63, 3.8) is 0 Å². The Balaban J connectivity index is 2.07. The molecule has 4 saturated carbocycles. The van der Waals surface area contributed by atoms with Crippen molar-refractivity contribution in [3.05, 3.63) is 0 Å². The molecule has 4 rings (SSSR count). The number of aliphatic hydroxyl groups excluding tert-OH is 1. The Labute approximate surface area is 55.1 Å². The van der Waals surface area contributed by atoms with E-state index in [0.29, 0.717) is 5.92 Å². The summed E-state index contributed by atoms with van der Waals surface area (Å²) in [6.07, 6.45) is 1.45. The fourth-order valence-electron chi connectivity index (χ4n) is 3.51. The molecule has 6 atom stereocenters. The third kappa shape index (κ3) is 0.315. The molecule has 0 heterocycles. The van der Waals surface area contributed by atoms with Crippen molar-refractivity contribution < 1.29 is 5.11 Å². The van der Waals surface area contributed by atoms with Crippen molar-refractivity contribution in [3.8, 4) is 0 Å². The lowest BCUT2D eigenvalue weighted by molar-refractivity contribution is 0.124. The van der Waals surface area contributed by atoms with E-state index in [-0.39, 0.29) is 6.10 Å². The standard InChI is InChI=1S/C8H12O/c1-3-4-2-5-6(3)7(5)8(4)9/h3-9H,2H2,1H3. The van der Waals surface area contributed by atoms with Crippen molar-refractivity contribution in [1.29, 1.82) is 0 Å². The van der Waals surface area contributed by atoms with Crippen molar-refractivity contribution in [2.75, 3.05) is 0 Å². The molecule has 4 fully saturated rings. The largest absolute Gasteiger partial charge is 0.393 e. The third-order valence-corrected chi connectivity index (χ3v) is 3.95. The second-order valence-electron chi connectivity index (χ2n) is 4.07.